The number of benzene rings is 1. The van der Waals surface area contributed by atoms with Crippen LogP contribution in [0.3, 0.4) is 0 Å². The van der Waals surface area contributed by atoms with Gasteiger partial charge in [-0.05, 0) is 38.0 Å². The van der Waals surface area contributed by atoms with Gasteiger partial charge in [-0.2, -0.15) is 4.98 Å². The van der Waals surface area contributed by atoms with Crippen molar-refractivity contribution in [3.63, 3.8) is 0 Å². The number of rotatable bonds is 2. The lowest BCUT2D eigenvalue weighted by molar-refractivity contribution is 0.589. The van der Waals surface area contributed by atoms with Gasteiger partial charge < -0.3 is 9.73 Å². The zero-order chi connectivity index (χ0) is 11.7. The van der Waals surface area contributed by atoms with E-state index in [1.165, 1.54) is 11.1 Å². The van der Waals surface area contributed by atoms with E-state index < -0.39 is 0 Å². The van der Waals surface area contributed by atoms with Crippen LogP contribution in [0.2, 0.25) is 0 Å². The summed E-state index contributed by atoms with van der Waals surface area (Å²) in [5, 5.41) is 2.91. The van der Waals surface area contributed by atoms with Crippen LogP contribution >= 0.6 is 0 Å². The molecule has 0 atom stereocenters. The number of nitrogens with one attached hydrogen (secondary N) is 1. The van der Waals surface area contributed by atoms with E-state index in [1.807, 2.05) is 6.92 Å². The Kier molecular flexibility index (Phi) is 2.69. The largest absolute Gasteiger partial charge is 0.423 e. The lowest BCUT2D eigenvalue weighted by atomic mass is 10.0. The Morgan fingerprint density at radius 2 is 1.88 bits per heavy atom. The fourth-order valence-corrected chi connectivity index (χ4v) is 1.65. The number of aromatic nitrogens is 1. The van der Waals surface area contributed by atoms with Crippen molar-refractivity contribution >= 4 is 6.01 Å². The quantitative estimate of drug-likeness (QED) is 0.837. The second-order valence-corrected chi connectivity index (χ2v) is 3.98. The number of hydrogen-bond donors (Lipinski definition) is 1. The van der Waals surface area contributed by atoms with Gasteiger partial charge in [0.25, 0.3) is 6.01 Å². The minimum atomic E-state index is 0.561. The average molecular weight is 216 g/mol. The molecule has 1 heterocycles. The minimum Gasteiger partial charge on any atom is -0.423 e. The second-order valence-electron chi connectivity index (χ2n) is 3.98. The van der Waals surface area contributed by atoms with E-state index in [0.717, 1.165) is 17.0 Å². The van der Waals surface area contributed by atoms with Crippen molar-refractivity contribution in [2.24, 2.45) is 0 Å². The van der Waals surface area contributed by atoms with Gasteiger partial charge in [0, 0.05) is 12.6 Å². The van der Waals surface area contributed by atoms with E-state index in [9.17, 15) is 0 Å². The molecule has 2 aromatic rings. The first-order valence-corrected chi connectivity index (χ1v) is 5.34. The summed E-state index contributed by atoms with van der Waals surface area (Å²) in [6, 6.07) is 6.86. The molecule has 0 bridgehead atoms. The smallest absolute Gasteiger partial charge is 0.295 e. The Labute approximate surface area is 95.5 Å². The topological polar surface area (TPSA) is 38.1 Å². The van der Waals surface area contributed by atoms with Crippen molar-refractivity contribution in [2.45, 2.75) is 20.8 Å². The van der Waals surface area contributed by atoms with Crippen LogP contribution in [0.4, 0.5) is 6.01 Å². The molecule has 3 heteroatoms. The molecule has 1 aromatic heterocycles. The van der Waals surface area contributed by atoms with Gasteiger partial charge in [-0.15, -0.1) is 0 Å². The summed E-state index contributed by atoms with van der Waals surface area (Å²) in [7, 11) is 1.80. The van der Waals surface area contributed by atoms with E-state index in [2.05, 4.69) is 42.3 Å². The lowest BCUT2D eigenvalue weighted by Gasteiger charge is -2.02. The molecule has 0 spiro atoms. The highest BCUT2D eigenvalue weighted by atomic mass is 16.4. The lowest BCUT2D eigenvalue weighted by Crippen LogP contribution is -1.85. The number of nitrogens with zero attached hydrogens (tertiary/aromatic N) is 1. The molecule has 1 N–H and O–H groups in total. The van der Waals surface area contributed by atoms with Crippen LogP contribution in [0, 0.1) is 20.8 Å². The first kappa shape index (κ1) is 10.7. The standard InChI is InChI=1S/C13H16N2O/c1-8-5-6-11(7-9(8)2)12-10(3)15-13(14-4)16-12/h5-7H,1-4H3,(H,14,15). The average Bonchev–Trinajstić information content (AvgIpc) is 2.64. The fourth-order valence-electron chi connectivity index (χ4n) is 1.65. The van der Waals surface area contributed by atoms with E-state index in [-0.39, 0.29) is 0 Å². The van der Waals surface area contributed by atoms with Crippen LogP contribution < -0.4 is 5.32 Å². The van der Waals surface area contributed by atoms with Gasteiger partial charge in [-0.3, -0.25) is 0 Å². The Hall–Kier alpha value is -1.77. The first-order valence-electron chi connectivity index (χ1n) is 5.34. The molecule has 16 heavy (non-hydrogen) atoms. The maximum absolute atomic E-state index is 5.62. The van der Waals surface area contributed by atoms with Crippen molar-refractivity contribution in [3.8, 4) is 11.3 Å². The molecule has 0 radical (unpaired) electrons. The third kappa shape index (κ3) is 1.81. The van der Waals surface area contributed by atoms with Crippen molar-refractivity contribution < 1.29 is 4.42 Å². The Balaban J connectivity index is 2.49. The molecule has 0 aliphatic carbocycles. The molecular weight excluding hydrogens is 200 g/mol. The number of oxazole rings is 1. The summed E-state index contributed by atoms with van der Waals surface area (Å²) < 4.78 is 5.62. The van der Waals surface area contributed by atoms with Crippen LogP contribution in [-0.4, -0.2) is 12.0 Å². The molecule has 0 aliphatic rings. The normalized spacial score (nSPS) is 10.5. The molecule has 0 unspecified atom stereocenters. The third-order valence-corrected chi connectivity index (χ3v) is 2.78. The Morgan fingerprint density at radius 1 is 1.12 bits per heavy atom. The van der Waals surface area contributed by atoms with Gasteiger partial charge in [-0.25, -0.2) is 0 Å². The van der Waals surface area contributed by atoms with Gasteiger partial charge >= 0.3 is 0 Å². The van der Waals surface area contributed by atoms with Crippen molar-refractivity contribution in [3.05, 3.63) is 35.0 Å². The molecule has 0 saturated heterocycles. The van der Waals surface area contributed by atoms with Gasteiger partial charge in [0.05, 0.1) is 5.69 Å². The van der Waals surface area contributed by atoms with Crippen LogP contribution in [0.25, 0.3) is 11.3 Å². The highest BCUT2D eigenvalue weighted by Crippen LogP contribution is 2.27. The predicted octanol–water partition coefficient (Wildman–Crippen LogP) is 3.31. The monoisotopic (exact) mass is 216 g/mol. The maximum atomic E-state index is 5.62. The zero-order valence-electron chi connectivity index (χ0n) is 10.1. The number of anilines is 1. The molecule has 3 nitrogen and oxygen atoms in total. The summed E-state index contributed by atoms with van der Waals surface area (Å²) in [6.07, 6.45) is 0. The molecule has 2 rings (SSSR count). The molecule has 84 valence electrons. The van der Waals surface area contributed by atoms with E-state index in [4.69, 9.17) is 4.42 Å². The van der Waals surface area contributed by atoms with Gasteiger partial charge in [0.1, 0.15) is 0 Å². The van der Waals surface area contributed by atoms with Crippen molar-refractivity contribution in [1.29, 1.82) is 0 Å². The predicted molar refractivity (Wildman–Crippen MR) is 65.7 cm³/mol. The molecule has 0 saturated carbocycles. The van der Waals surface area contributed by atoms with E-state index in [1.54, 1.807) is 7.05 Å². The van der Waals surface area contributed by atoms with E-state index >= 15 is 0 Å². The van der Waals surface area contributed by atoms with Crippen LogP contribution in [0.5, 0.6) is 0 Å². The molecule has 0 amide bonds. The van der Waals surface area contributed by atoms with Gasteiger partial charge in [-0.1, -0.05) is 12.1 Å². The molecular formula is C13H16N2O. The summed E-state index contributed by atoms with van der Waals surface area (Å²) in [5.74, 6) is 0.840. The van der Waals surface area contributed by atoms with Crippen molar-refractivity contribution in [2.75, 3.05) is 12.4 Å². The Morgan fingerprint density at radius 3 is 2.44 bits per heavy atom. The SMILES string of the molecule is CNc1nc(C)c(-c2ccc(C)c(C)c2)o1. The molecule has 0 fully saturated rings. The Bertz CT molecular complexity index is 515. The highest BCUT2D eigenvalue weighted by molar-refractivity contribution is 5.62. The number of aryl methyl sites for hydroxylation is 3. The molecule has 1 aromatic carbocycles. The molecule has 0 aliphatic heterocycles. The summed E-state index contributed by atoms with van der Waals surface area (Å²) >= 11 is 0. The minimum absolute atomic E-state index is 0.561. The highest BCUT2D eigenvalue weighted by Gasteiger charge is 2.11. The maximum Gasteiger partial charge on any atom is 0.295 e. The van der Waals surface area contributed by atoms with Crippen LogP contribution in [0.15, 0.2) is 22.6 Å². The fraction of sp³-hybridized carbons (Fsp3) is 0.308. The van der Waals surface area contributed by atoms with Gasteiger partial charge in [0.15, 0.2) is 5.76 Å². The summed E-state index contributed by atoms with van der Waals surface area (Å²) in [5.41, 5.74) is 4.54. The van der Waals surface area contributed by atoms with Gasteiger partial charge in [0.2, 0.25) is 0 Å². The zero-order valence-corrected chi connectivity index (χ0v) is 10.1. The first-order chi connectivity index (χ1) is 7.61. The number of hydrogen-bond acceptors (Lipinski definition) is 3. The van der Waals surface area contributed by atoms with Crippen LogP contribution in [-0.2, 0) is 0 Å². The van der Waals surface area contributed by atoms with E-state index in [0.29, 0.717) is 6.01 Å². The third-order valence-electron chi connectivity index (χ3n) is 2.78. The van der Waals surface area contributed by atoms with Crippen molar-refractivity contribution in [1.82, 2.24) is 4.98 Å². The van der Waals surface area contributed by atoms with Crippen LogP contribution in [0.1, 0.15) is 16.8 Å². The summed E-state index contributed by atoms with van der Waals surface area (Å²) in [6.45, 7) is 6.16. The second kappa shape index (κ2) is 4.00. The summed E-state index contributed by atoms with van der Waals surface area (Å²) in [4.78, 5) is 4.28.